The van der Waals surface area contributed by atoms with Gasteiger partial charge in [0.15, 0.2) is 0 Å². The molecule has 2 rings (SSSR count). The Morgan fingerprint density at radius 2 is 1.74 bits per heavy atom. The fourth-order valence-corrected chi connectivity index (χ4v) is 2.90. The molecule has 0 aliphatic heterocycles. The zero-order valence-electron chi connectivity index (χ0n) is 13.2. The summed E-state index contributed by atoms with van der Waals surface area (Å²) in [6.07, 6.45) is -0.617. The molecule has 23 heavy (non-hydrogen) atoms. The molecule has 0 N–H and O–H groups in total. The molecule has 0 amide bonds. The van der Waals surface area contributed by atoms with E-state index in [1.807, 2.05) is 13.8 Å². The number of ether oxygens (including phenoxy) is 1. The van der Waals surface area contributed by atoms with Crippen molar-refractivity contribution in [1.82, 2.24) is 0 Å². The lowest BCUT2D eigenvalue weighted by molar-refractivity contribution is -0.162. The SMILES string of the molecule is CCC(C)(I)C(=O)OC1(c2ccc(C(F)(F)F)cc2)CCCC1. The molecular weight excluding hydrogens is 420 g/mol. The molecule has 1 aromatic carbocycles. The smallest absolute Gasteiger partial charge is 0.416 e. The summed E-state index contributed by atoms with van der Waals surface area (Å²) in [7, 11) is 0. The molecule has 1 saturated carbocycles. The fraction of sp³-hybridized carbons (Fsp3) is 0.588. The van der Waals surface area contributed by atoms with Gasteiger partial charge in [0, 0.05) is 0 Å². The third-order valence-electron chi connectivity index (χ3n) is 4.53. The zero-order valence-corrected chi connectivity index (χ0v) is 15.3. The summed E-state index contributed by atoms with van der Waals surface area (Å²) in [5, 5.41) is 0. The van der Waals surface area contributed by atoms with Gasteiger partial charge in [-0.3, -0.25) is 4.79 Å². The van der Waals surface area contributed by atoms with Crippen molar-refractivity contribution < 1.29 is 22.7 Å². The molecule has 1 aliphatic carbocycles. The summed E-state index contributed by atoms with van der Waals surface area (Å²) in [4.78, 5) is 12.4. The monoisotopic (exact) mass is 440 g/mol. The van der Waals surface area contributed by atoms with Gasteiger partial charge in [0.25, 0.3) is 0 Å². The van der Waals surface area contributed by atoms with Crippen LogP contribution in [0.15, 0.2) is 24.3 Å². The highest BCUT2D eigenvalue weighted by Gasteiger charge is 2.43. The highest BCUT2D eigenvalue weighted by atomic mass is 127. The number of alkyl halides is 4. The van der Waals surface area contributed by atoms with Gasteiger partial charge in [-0.25, -0.2) is 0 Å². The Morgan fingerprint density at radius 1 is 1.22 bits per heavy atom. The van der Waals surface area contributed by atoms with Gasteiger partial charge < -0.3 is 4.74 Å². The van der Waals surface area contributed by atoms with Crippen molar-refractivity contribution in [2.45, 2.75) is 61.2 Å². The van der Waals surface area contributed by atoms with Crippen molar-refractivity contribution in [2.75, 3.05) is 0 Å². The fourth-order valence-electron chi connectivity index (χ4n) is 2.79. The first-order valence-electron chi connectivity index (χ1n) is 7.71. The molecule has 1 atom stereocenters. The average Bonchev–Trinajstić information content (AvgIpc) is 2.96. The van der Waals surface area contributed by atoms with E-state index in [1.165, 1.54) is 12.1 Å². The van der Waals surface area contributed by atoms with E-state index in [9.17, 15) is 18.0 Å². The van der Waals surface area contributed by atoms with E-state index in [2.05, 4.69) is 22.6 Å². The zero-order chi connectivity index (χ0) is 17.3. The Balaban J connectivity index is 2.29. The van der Waals surface area contributed by atoms with Crippen LogP contribution >= 0.6 is 22.6 Å². The van der Waals surface area contributed by atoms with E-state index in [4.69, 9.17) is 4.74 Å². The number of esters is 1. The van der Waals surface area contributed by atoms with E-state index in [0.717, 1.165) is 25.0 Å². The van der Waals surface area contributed by atoms with Gasteiger partial charge in [-0.05, 0) is 56.7 Å². The Kier molecular flexibility index (Phi) is 5.33. The van der Waals surface area contributed by atoms with Crippen molar-refractivity contribution in [1.29, 1.82) is 0 Å². The number of halogens is 4. The predicted molar refractivity (Wildman–Crippen MR) is 90.4 cm³/mol. The molecular formula is C17H20F3IO2. The lowest BCUT2D eigenvalue weighted by Gasteiger charge is -2.33. The summed E-state index contributed by atoms with van der Waals surface area (Å²) in [5.41, 5.74) is -0.823. The molecule has 0 radical (unpaired) electrons. The standard InChI is InChI=1S/C17H20F3IO2/c1-3-15(2,21)14(22)23-16(10-4-5-11-16)12-6-8-13(9-7-12)17(18,19)20/h6-9H,3-5,10-11H2,1-2H3. The second-order valence-corrected chi connectivity index (χ2v) is 8.60. The summed E-state index contributed by atoms with van der Waals surface area (Å²) < 4.78 is 43.4. The highest BCUT2D eigenvalue weighted by molar-refractivity contribution is 14.1. The molecule has 1 aromatic rings. The minimum Gasteiger partial charge on any atom is -0.453 e. The largest absolute Gasteiger partial charge is 0.453 e. The van der Waals surface area contributed by atoms with Gasteiger partial charge in [-0.15, -0.1) is 0 Å². The quantitative estimate of drug-likeness (QED) is 0.345. The van der Waals surface area contributed by atoms with Crippen LogP contribution in [-0.4, -0.2) is 9.39 Å². The summed E-state index contributed by atoms with van der Waals surface area (Å²) in [6, 6.07) is 5.01. The topological polar surface area (TPSA) is 26.3 Å². The molecule has 0 spiro atoms. The first kappa shape index (κ1) is 18.5. The Morgan fingerprint density at radius 3 is 2.17 bits per heavy atom. The maximum atomic E-state index is 12.7. The van der Waals surface area contributed by atoms with Crippen molar-refractivity contribution >= 4 is 28.6 Å². The van der Waals surface area contributed by atoms with Crippen LogP contribution in [0.25, 0.3) is 0 Å². The molecule has 6 heteroatoms. The number of carbonyl (C=O) groups is 1. The van der Waals surface area contributed by atoms with E-state index in [0.29, 0.717) is 24.8 Å². The van der Waals surface area contributed by atoms with Crippen LogP contribution in [0.2, 0.25) is 0 Å². The number of hydrogen-bond donors (Lipinski definition) is 0. The molecule has 2 nitrogen and oxygen atoms in total. The lowest BCUT2D eigenvalue weighted by atomic mass is 9.90. The van der Waals surface area contributed by atoms with Crippen molar-refractivity contribution in [3.05, 3.63) is 35.4 Å². The number of carbonyl (C=O) groups excluding carboxylic acids is 1. The molecule has 1 fully saturated rings. The van der Waals surface area contributed by atoms with E-state index < -0.39 is 20.8 Å². The first-order chi connectivity index (χ1) is 10.6. The summed E-state index contributed by atoms with van der Waals surface area (Å²) >= 11 is 2.07. The Labute approximate surface area is 147 Å². The van der Waals surface area contributed by atoms with Gasteiger partial charge in [0.1, 0.15) is 9.02 Å². The van der Waals surface area contributed by atoms with Crippen LogP contribution in [0.3, 0.4) is 0 Å². The minimum absolute atomic E-state index is 0.303. The van der Waals surface area contributed by atoms with E-state index >= 15 is 0 Å². The molecule has 0 saturated heterocycles. The van der Waals surface area contributed by atoms with Crippen LogP contribution in [0, 0.1) is 0 Å². The maximum absolute atomic E-state index is 12.7. The van der Waals surface area contributed by atoms with Gasteiger partial charge >= 0.3 is 12.1 Å². The molecule has 0 heterocycles. The van der Waals surface area contributed by atoms with Crippen molar-refractivity contribution in [3.8, 4) is 0 Å². The predicted octanol–water partition coefficient (Wildman–Crippen LogP) is 5.62. The van der Waals surface area contributed by atoms with Crippen LogP contribution in [-0.2, 0) is 21.3 Å². The van der Waals surface area contributed by atoms with Gasteiger partial charge in [0.05, 0.1) is 5.56 Å². The van der Waals surface area contributed by atoms with Crippen molar-refractivity contribution in [3.63, 3.8) is 0 Å². The molecule has 1 aliphatic rings. The molecule has 0 bridgehead atoms. The van der Waals surface area contributed by atoms with Gasteiger partial charge in [0.2, 0.25) is 0 Å². The maximum Gasteiger partial charge on any atom is 0.416 e. The molecule has 1 unspecified atom stereocenters. The van der Waals surface area contributed by atoms with Crippen LogP contribution < -0.4 is 0 Å². The van der Waals surface area contributed by atoms with Crippen molar-refractivity contribution in [2.24, 2.45) is 0 Å². The molecule has 0 aromatic heterocycles. The average molecular weight is 440 g/mol. The van der Waals surface area contributed by atoms with E-state index in [1.54, 1.807) is 0 Å². The summed E-state index contributed by atoms with van der Waals surface area (Å²) in [5.74, 6) is -0.303. The van der Waals surface area contributed by atoms with Crippen LogP contribution in [0.1, 0.15) is 57.1 Å². The second kappa shape index (κ2) is 6.61. The van der Waals surface area contributed by atoms with Gasteiger partial charge in [-0.1, -0.05) is 41.6 Å². The highest BCUT2D eigenvalue weighted by Crippen LogP contribution is 2.44. The minimum atomic E-state index is -4.36. The Hall–Kier alpha value is -0.790. The van der Waals surface area contributed by atoms with E-state index in [-0.39, 0.29) is 5.97 Å². The molecule has 128 valence electrons. The Bertz CT molecular complexity index is 558. The van der Waals surface area contributed by atoms with Crippen LogP contribution in [0.4, 0.5) is 13.2 Å². The number of benzene rings is 1. The second-order valence-electron chi connectivity index (χ2n) is 6.22. The summed E-state index contributed by atoms with van der Waals surface area (Å²) in [6.45, 7) is 3.72. The first-order valence-corrected chi connectivity index (χ1v) is 8.79. The number of rotatable bonds is 4. The van der Waals surface area contributed by atoms with Gasteiger partial charge in [-0.2, -0.15) is 13.2 Å². The third kappa shape index (κ3) is 4.00. The normalized spacial score (nSPS) is 20.1. The number of hydrogen-bond acceptors (Lipinski definition) is 2. The lowest BCUT2D eigenvalue weighted by Crippen LogP contribution is -2.38. The van der Waals surface area contributed by atoms with Crippen LogP contribution in [0.5, 0.6) is 0 Å². The third-order valence-corrected chi connectivity index (χ3v) is 5.73.